The van der Waals surface area contributed by atoms with E-state index in [9.17, 15) is 8.78 Å². The summed E-state index contributed by atoms with van der Waals surface area (Å²) < 4.78 is 28.3. The van der Waals surface area contributed by atoms with Gasteiger partial charge in [0.15, 0.2) is 5.16 Å². The summed E-state index contributed by atoms with van der Waals surface area (Å²) in [6.45, 7) is -2.82. The average Bonchev–Trinajstić information content (AvgIpc) is 2.36. The van der Waals surface area contributed by atoms with E-state index in [0.29, 0.717) is 22.5 Å². The summed E-state index contributed by atoms with van der Waals surface area (Å²) in [6.07, 6.45) is 0. The number of hydrogen-bond donors (Lipinski definition) is 2. The SMILES string of the molecule is Nc1cc(N)nc(SCc2ccc(OC(F)F)cc2)n1. The Morgan fingerprint density at radius 1 is 1.10 bits per heavy atom. The van der Waals surface area contributed by atoms with Gasteiger partial charge in [0.1, 0.15) is 17.4 Å². The molecule has 1 heterocycles. The third kappa shape index (κ3) is 4.23. The molecule has 8 heteroatoms. The Balaban J connectivity index is 1.96. The number of anilines is 2. The van der Waals surface area contributed by atoms with E-state index in [-0.39, 0.29) is 5.75 Å². The fourth-order valence-corrected chi connectivity index (χ4v) is 2.27. The van der Waals surface area contributed by atoms with E-state index in [4.69, 9.17) is 11.5 Å². The molecule has 0 saturated carbocycles. The number of ether oxygens (including phenoxy) is 1. The Morgan fingerprint density at radius 3 is 2.25 bits per heavy atom. The lowest BCUT2D eigenvalue weighted by Crippen LogP contribution is -2.01. The summed E-state index contributed by atoms with van der Waals surface area (Å²) in [4.78, 5) is 8.06. The highest BCUT2D eigenvalue weighted by atomic mass is 32.2. The van der Waals surface area contributed by atoms with Crippen LogP contribution in [0.1, 0.15) is 5.56 Å². The van der Waals surface area contributed by atoms with Gasteiger partial charge in [0.25, 0.3) is 0 Å². The number of rotatable bonds is 5. The Hall–Kier alpha value is -2.09. The molecule has 0 bridgehead atoms. The molecular weight excluding hydrogens is 286 g/mol. The first-order valence-electron chi connectivity index (χ1n) is 5.59. The van der Waals surface area contributed by atoms with E-state index in [1.807, 2.05) is 0 Å². The highest BCUT2D eigenvalue weighted by molar-refractivity contribution is 7.98. The van der Waals surface area contributed by atoms with Gasteiger partial charge in [-0.05, 0) is 17.7 Å². The van der Waals surface area contributed by atoms with E-state index in [1.54, 1.807) is 12.1 Å². The Kier molecular flexibility index (Phi) is 4.57. The predicted octanol–water partition coefficient (Wildman–Crippen LogP) is 2.53. The van der Waals surface area contributed by atoms with E-state index < -0.39 is 6.61 Å². The normalized spacial score (nSPS) is 10.8. The number of nitrogens with zero attached hydrogens (tertiary/aromatic N) is 2. The molecule has 0 amide bonds. The van der Waals surface area contributed by atoms with Crippen LogP contribution in [-0.4, -0.2) is 16.6 Å². The van der Waals surface area contributed by atoms with Gasteiger partial charge in [0.2, 0.25) is 0 Å². The van der Waals surface area contributed by atoms with Gasteiger partial charge in [0, 0.05) is 11.8 Å². The van der Waals surface area contributed by atoms with Gasteiger partial charge < -0.3 is 16.2 Å². The second-order valence-electron chi connectivity index (χ2n) is 3.81. The molecule has 0 radical (unpaired) electrons. The maximum atomic E-state index is 12.0. The Bertz CT molecular complexity index is 560. The molecule has 5 nitrogen and oxygen atoms in total. The molecule has 0 aliphatic carbocycles. The van der Waals surface area contributed by atoms with Crippen LogP contribution in [-0.2, 0) is 5.75 Å². The third-order valence-corrected chi connectivity index (χ3v) is 3.18. The van der Waals surface area contributed by atoms with Gasteiger partial charge in [-0.15, -0.1) is 0 Å². The Labute approximate surface area is 118 Å². The van der Waals surface area contributed by atoms with Crippen LogP contribution >= 0.6 is 11.8 Å². The number of nitrogens with two attached hydrogens (primary N) is 2. The number of alkyl halides is 2. The van der Waals surface area contributed by atoms with Crippen molar-refractivity contribution in [2.45, 2.75) is 17.5 Å². The number of hydrogen-bond acceptors (Lipinski definition) is 6. The monoisotopic (exact) mass is 298 g/mol. The van der Waals surface area contributed by atoms with Gasteiger partial charge in [0.05, 0.1) is 0 Å². The smallest absolute Gasteiger partial charge is 0.387 e. The zero-order valence-corrected chi connectivity index (χ0v) is 11.1. The number of benzene rings is 1. The molecule has 0 aliphatic heterocycles. The first-order valence-corrected chi connectivity index (χ1v) is 6.58. The fraction of sp³-hybridized carbons (Fsp3) is 0.167. The van der Waals surface area contributed by atoms with Crippen LogP contribution in [0.2, 0.25) is 0 Å². The Morgan fingerprint density at radius 2 is 1.70 bits per heavy atom. The predicted molar refractivity (Wildman–Crippen MR) is 73.5 cm³/mol. The van der Waals surface area contributed by atoms with Crippen molar-refractivity contribution in [2.24, 2.45) is 0 Å². The summed E-state index contributed by atoms with van der Waals surface area (Å²) in [5.41, 5.74) is 12.0. The van der Waals surface area contributed by atoms with Crippen LogP contribution in [0.15, 0.2) is 35.5 Å². The maximum absolute atomic E-state index is 12.0. The molecule has 0 saturated heterocycles. The van der Waals surface area contributed by atoms with Crippen molar-refractivity contribution in [3.05, 3.63) is 35.9 Å². The second kappa shape index (κ2) is 6.38. The molecule has 1 aromatic heterocycles. The van der Waals surface area contributed by atoms with E-state index >= 15 is 0 Å². The number of aromatic nitrogens is 2. The van der Waals surface area contributed by atoms with Crippen LogP contribution in [0, 0.1) is 0 Å². The second-order valence-corrected chi connectivity index (χ2v) is 4.75. The summed E-state index contributed by atoms with van der Waals surface area (Å²) in [7, 11) is 0. The van der Waals surface area contributed by atoms with Crippen molar-refractivity contribution in [1.82, 2.24) is 9.97 Å². The summed E-state index contributed by atoms with van der Waals surface area (Å²) in [5.74, 6) is 1.30. The van der Waals surface area contributed by atoms with Crippen LogP contribution in [0.25, 0.3) is 0 Å². The molecule has 1 aromatic carbocycles. The molecule has 20 heavy (non-hydrogen) atoms. The molecule has 0 atom stereocenters. The molecule has 4 N–H and O–H groups in total. The van der Waals surface area contributed by atoms with Gasteiger partial charge in [-0.25, -0.2) is 9.97 Å². The largest absolute Gasteiger partial charge is 0.435 e. The van der Waals surface area contributed by atoms with Crippen LogP contribution in [0.5, 0.6) is 5.75 Å². The van der Waals surface area contributed by atoms with Gasteiger partial charge >= 0.3 is 6.61 Å². The topological polar surface area (TPSA) is 87.1 Å². The minimum Gasteiger partial charge on any atom is -0.435 e. The van der Waals surface area contributed by atoms with Crippen LogP contribution in [0.3, 0.4) is 0 Å². The first-order chi connectivity index (χ1) is 9.52. The molecule has 0 spiro atoms. The van der Waals surface area contributed by atoms with Gasteiger partial charge in [-0.3, -0.25) is 0 Å². The zero-order chi connectivity index (χ0) is 14.5. The van der Waals surface area contributed by atoms with Crippen molar-refractivity contribution >= 4 is 23.4 Å². The molecule has 2 aromatic rings. The molecule has 2 rings (SSSR count). The van der Waals surface area contributed by atoms with Crippen molar-refractivity contribution in [1.29, 1.82) is 0 Å². The van der Waals surface area contributed by atoms with Crippen LogP contribution < -0.4 is 16.2 Å². The molecule has 0 aliphatic rings. The molecule has 0 fully saturated rings. The lowest BCUT2D eigenvalue weighted by Gasteiger charge is -2.06. The molecule has 0 unspecified atom stereocenters. The minimum atomic E-state index is -2.82. The highest BCUT2D eigenvalue weighted by Gasteiger charge is 2.05. The quantitative estimate of drug-likeness (QED) is 0.651. The molecular formula is C12H12F2N4OS. The lowest BCUT2D eigenvalue weighted by molar-refractivity contribution is -0.0498. The van der Waals surface area contributed by atoms with Crippen molar-refractivity contribution in [3.63, 3.8) is 0 Å². The molecule has 106 valence electrons. The summed E-state index contributed by atoms with van der Waals surface area (Å²) >= 11 is 1.35. The van der Waals surface area contributed by atoms with E-state index in [0.717, 1.165) is 5.56 Å². The van der Waals surface area contributed by atoms with Gasteiger partial charge in [-0.2, -0.15) is 8.78 Å². The van der Waals surface area contributed by atoms with Crippen molar-refractivity contribution < 1.29 is 13.5 Å². The van der Waals surface area contributed by atoms with Crippen molar-refractivity contribution in [2.75, 3.05) is 11.5 Å². The highest BCUT2D eigenvalue weighted by Crippen LogP contribution is 2.23. The summed E-state index contributed by atoms with van der Waals surface area (Å²) in [6, 6.07) is 7.83. The third-order valence-electron chi connectivity index (χ3n) is 2.26. The first kappa shape index (κ1) is 14.3. The van der Waals surface area contributed by atoms with E-state index in [2.05, 4.69) is 14.7 Å². The lowest BCUT2D eigenvalue weighted by atomic mass is 10.2. The fourth-order valence-electron chi connectivity index (χ4n) is 1.44. The van der Waals surface area contributed by atoms with Crippen molar-refractivity contribution in [3.8, 4) is 5.75 Å². The number of thioether (sulfide) groups is 1. The van der Waals surface area contributed by atoms with Crippen LogP contribution in [0.4, 0.5) is 20.4 Å². The maximum Gasteiger partial charge on any atom is 0.387 e. The number of nitrogen functional groups attached to an aromatic ring is 2. The summed E-state index contributed by atoms with van der Waals surface area (Å²) in [5, 5.41) is 0.468. The standard InChI is InChI=1S/C12H12F2N4OS/c13-11(14)19-8-3-1-7(2-4-8)6-20-12-17-9(15)5-10(16)18-12/h1-5,11H,6H2,(H4,15,16,17,18). The van der Waals surface area contributed by atoms with E-state index in [1.165, 1.54) is 30.0 Å². The minimum absolute atomic E-state index is 0.123. The number of halogens is 2. The average molecular weight is 298 g/mol. The van der Waals surface area contributed by atoms with Gasteiger partial charge in [-0.1, -0.05) is 23.9 Å². The zero-order valence-electron chi connectivity index (χ0n) is 10.3.